The van der Waals surface area contributed by atoms with E-state index >= 15 is 0 Å². The van der Waals surface area contributed by atoms with Crippen molar-refractivity contribution in [2.75, 3.05) is 0 Å². The minimum atomic E-state index is -0.344. The molecule has 12 rings (SSSR count). The molecule has 0 spiro atoms. The summed E-state index contributed by atoms with van der Waals surface area (Å²) in [6, 6.07) is 60.8. The molecule has 4 aliphatic rings. The van der Waals surface area contributed by atoms with E-state index in [9.17, 15) is 0 Å². The topological polar surface area (TPSA) is 30.8 Å². The van der Waals surface area contributed by atoms with Crippen LogP contribution in [0.5, 0.6) is 23.0 Å². The van der Waals surface area contributed by atoms with Gasteiger partial charge >= 0.3 is 0 Å². The summed E-state index contributed by atoms with van der Waals surface area (Å²) in [6.45, 7) is 0.594. The third-order valence-corrected chi connectivity index (χ3v) is 13.4. The zero-order valence-electron chi connectivity index (χ0n) is 34.2. The Hall–Kier alpha value is -7.49. The molecule has 0 bridgehead atoms. The maximum Gasteiger partial charge on any atom is 0.174 e. The first-order valence-electron chi connectivity index (χ1n) is 21.8. The van der Waals surface area contributed by atoms with Gasteiger partial charge in [-0.15, -0.1) is 0 Å². The van der Waals surface area contributed by atoms with Crippen LogP contribution < -0.4 is 9.47 Å². The first-order valence-corrected chi connectivity index (χ1v) is 21.8. The number of allylic oxidation sites excluding steroid dienone is 8. The van der Waals surface area contributed by atoms with Crippen LogP contribution in [0.2, 0.25) is 0 Å². The van der Waals surface area contributed by atoms with Crippen molar-refractivity contribution in [3.63, 3.8) is 0 Å². The van der Waals surface area contributed by atoms with Crippen LogP contribution >= 0.6 is 0 Å². The van der Waals surface area contributed by atoms with Crippen LogP contribution in [0, 0.1) is 5.92 Å². The highest BCUT2D eigenvalue weighted by molar-refractivity contribution is 6.16. The average molecular weight is 798 g/mol. The predicted molar refractivity (Wildman–Crippen MR) is 254 cm³/mol. The monoisotopic (exact) mass is 797 g/mol. The molecule has 296 valence electrons. The van der Waals surface area contributed by atoms with E-state index in [1.807, 2.05) is 6.07 Å². The van der Waals surface area contributed by atoms with Crippen molar-refractivity contribution in [3.05, 3.63) is 251 Å². The summed E-state index contributed by atoms with van der Waals surface area (Å²) in [7, 11) is 0. The smallest absolute Gasteiger partial charge is 0.174 e. The molecule has 0 radical (unpaired) electrons. The predicted octanol–water partition coefficient (Wildman–Crippen LogP) is 15.0. The highest BCUT2D eigenvalue weighted by Gasteiger charge is 2.55. The van der Waals surface area contributed by atoms with E-state index in [1.165, 1.54) is 49.4 Å². The van der Waals surface area contributed by atoms with E-state index in [1.54, 1.807) is 0 Å². The highest BCUT2D eigenvalue weighted by Crippen LogP contribution is 2.65. The fraction of sp³-hybridized carbons (Fsp3) is 0.102. The molecule has 0 saturated heterocycles. The molecule has 3 unspecified atom stereocenters. The van der Waals surface area contributed by atoms with Crippen LogP contribution in [0.4, 0.5) is 0 Å². The minimum Gasteiger partial charge on any atom is -0.449 e. The number of hydrogen-bond acceptors (Lipinski definition) is 3. The van der Waals surface area contributed by atoms with Crippen molar-refractivity contribution in [2.45, 2.75) is 30.7 Å². The van der Waals surface area contributed by atoms with Gasteiger partial charge in [0, 0.05) is 28.5 Å². The van der Waals surface area contributed by atoms with Crippen LogP contribution in [0.25, 0.3) is 32.7 Å². The molecular weight excluding hydrogens is 755 g/mol. The summed E-state index contributed by atoms with van der Waals surface area (Å²) in [5.41, 5.74) is 11.3. The minimum absolute atomic E-state index is 0.139. The SMILES string of the molecule is C1=CC2c3c(ccc4c3Oc3ccc(-c5ccc(C(=NCc6ccccc6)c6ccc7c(ccc8ccccc87)c6)cc5)cc3O4)C(C3=CCCC=C3)(c3ccccc3)C2C=C1. The van der Waals surface area contributed by atoms with Crippen LogP contribution in [-0.2, 0) is 12.0 Å². The molecule has 0 aromatic heterocycles. The molecule has 1 heterocycles. The van der Waals surface area contributed by atoms with Crippen molar-refractivity contribution in [2.24, 2.45) is 10.9 Å². The summed E-state index contributed by atoms with van der Waals surface area (Å²) in [6.07, 6.45) is 18.4. The molecule has 0 N–H and O–H groups in total. The lowest BCUT2D eigenvalue weighted by molar-refractivity contribution is 0.355. The van der Waals surface area contributed by atoms with Gasteiger partial charge in [0.15, 0.2) is 23.0 Å². The van der Waals surface area contributed by atoms with Gasteiger partial charge in [-0.25, -0.2) is 0 Å². The average Bonchev–Trinajstić information content (AvgIpc) is 3.65. The number of ether oxygens (including phenoxy) is 2. The normalized spacial score (nSPS) is 19.5. The second-order valence-corrected chi connectivity index (χ2v) is 16.8. The summed E-state index contributed by atoms with van der Waals surface area (Å²) in [4.78, 5) is 5.25. The van der Waals surface area contributed by atoms with E-state index in [0.29, 0.717) is 12.3 Å². The van der Waals surface area contributed by atoms with Crippen molar-refractivity contribution in [3.8, 4) is 34.1 Å². The molecule has 0 fully saturated rings. The molecular formula is C59H43NO2. The third kappa shape index (κ3) is 5.91. The molecule has 0 amide bonds. The van der Waals surface area contributed by atoms with Gasteiger partial charge in [0.1, 0.15) is 0 Å². The largest absolute Gasteiger partial charge is 0.449 e. The maximum atomic E-state index is 6.96. The lowest BCUT2D eigenvalue weighted by Gasteiger charge is -2.40. The van der Waals surface area contributed by atoms with E-state index < -0.39 is 0 Å². The van der Waals surface area contributed by atoms with Crippen molar-refractivity contribution in [1.82, 2.24) is 0 Å². The summed E-state index contributed by atoms with van der Waals surface area (Å²) < 4.78 is 13.8. The summed E-state index contributed by atoms with van der Waals surface area (Å²) >= 11 is 0. The van der Waals surface area contributed by atoms with Gasteiger partial charge in [0.2, 0.25) is 0 Å². The van der Waals surface area contributed by atoms with Crippen LogP contribution in [-0.4, -0.2) is 5.71 Å². The molecule has 3 aliphatic carbocycles. The summed E-state index contributed by atoms with van der Waals surface area (Å²) in [5, 5.41) is 4.96. The molecule has 3 heteroatoms. The number of benzene rings is 8. The number of hydrogen-bond donors (Lipinski definition) is 0. The third-order valence-electron chi connectivity index (χ3n) is 13.4. The first-order chi connectivity index (χ1) is 30.7. The van der Waals surface area contributed by atoms with Gasteiger partial charge in [-0.2, -0.15) is 0 Å². The molecule has 8 aromatic carbocycles. The Balaban J connectivity index is 0.885. The van der Waals surface area contributed by atoms with Gasteiger partial charge in [-0.1, -0.05) is 188 Å². The molecule has 62 heavy (non-hydrogen) atoms. The van der Waals surface area contributed by atoms with E-state index in [0.717, 1.165) is 58.1 Å². The number of nitrogens with zero attached hydrogens (tertiary/aromatic N) is 1. The highest BCUT2D eigenvalue weighted by atomic mass is 16.6. The second kappa shape index (κ2) is 14.9. The second-order valence-electron chi connectivity index (χ2n) is 16.8. The Morgan fingerprint density at radius 3 is 2.18 bits per heavy atom. The molecule has 1 aliphatic heterocycles. The zero-order chi connectivity index (χ0) is 41.0. The van der Waals surface area contributed by atoms with Gasteiger partial charge in [-0.05, 0) is 92.0 Å². The van der Waals surface area contributed by atoms with E-state index in [4.69, 9.17) is 14.5 Å². The Bertz CT molecular complexity index is 3210. The Morgan fingerprint density at radius 1 is 0.581 bits per heavy atom. The van der Waals surface area contributed by atoms with Crippen LogP contribution in [0.1, 0.15) is 52.1 Å². The van der Waals surface area contributed by atoms with Crippen LogP contribution in [0.3, 0.4) is 0 Å². The van der Waals surface area contributed by atoms with Crippen LogP contribution in [0.15, 0.2) is 223 Å². The van der Waals surface area contributed by atoms with E-state index in [2.05, 4.69) is 206 Å². The maximum absolute atomic E-state index is 6.96. The number of rotatable bonds is 7. The van der Waals surface area contributed by atoms with Gasteiger partial charge in [0.25, 0.3) is 0 Å². The lowest BCUT2D eigenvalue weighted by atomic mass is 9.62. The Labute approximate surface area is 362 Å². The lowest BCUT2D eigenvalue weighted by Crippen LogP contribution is -2.35. The first kappa shape index (κ1) is 36.4. The Kier molecular flexibility index (Phi) is 8.74. The summed E-state index contributed by atoms with van der Waals surface area (Å²) in [5.74, 6) is 3.36. The fourth-order valence-corrected chi connectivity index (χ4v) is 10.5. The van der Waals surface area contributed by atoms with Gasteiger partial charge in [-0.3, -0.25) is 4.99 Å². The van der Waals surface area contributed by atoms with Crippen molar-refractivity contribution >= 4 is 27.3 Å². The quantitative estimate of drug-likeness (QED) is 0.119. The van der Waals surface area contributed by atoms with Gasteiger partial charge < -0.3 is 9.47 Å². The molecule has 8 aromatic rings. The van der Waals surface area contributed by atoms with E-state index in [-0.39, 0.29) is 17.3 Å². The van der Waals surface area contributed by atoms with Gasteiger partial charge in [0.05, 0.1) is 17.7 Å². The van der Waals surface area contributed by atoms with Crippen molar-refractivity contribution in [1.29, 1.82) is 0 Å². The number of fused-ring (bicyclic) bond motifs is 9. The Morgan fingerprint density at radius 2 is 1.32 bits per heavy atom. The molecule has 0 saturated carbocycles. The standard InChI is InChI=1S/C59H43NO2/c1-4-14-39(15-5-1)38-60-57(45-30-32-49-44(36-45)29-26-41-16-10-11-21-48(41)49)42-27-24-40(25-28-42)43-31-34-53-55(37-43)61-54-35-33-52-56(58(54)62-53)50-22-12-13-23-51(50)59(52,46-17-6-2-7-18-46)47-19-8-3-9-20-47/h1-2,4-8,10-37,50-51H,3,9,38H2. The molecule has 3 atom stereocenters. The number of aliphatic imine (C=N–C) groups is 1. The fourth-order valence-electron chi connectivity index (χ4n) is 10.5. The van der Waals surface area contributed by atoms with Crippen molar-refractivity contribution < 1.29 is 9.47 Å². The molecule has 3 nitrogen and oxygen atoms in total. The zero-order valence-corrected chi connectivity index (χ0v) is 34.2.